The molecule has 0 radical (unpaired) electrons. The van der Waals surface area contributed by atoms with Gasteiger partial charge < -0.3 is 29.7 Å². The van der Waals surface area contributed by atoms with Crippen LogP contribution in [0.15, 0.2) is 30.3 Å². The summed E-state index contributed by atoms with van der Waals surface area (Å²) in [5.41, 5.74) is -1.90. The summed E-state index contributed by atoms with van der Waals surface area (Å²) in [4.78, 5) is 58.0. The van der Waals surface area contributed by atoms with Gasteiger partial charge in [0.05, 0.1) is 25.5 Å². The molecule has 5 atom stereocenters. The molecule has 6 rings (SSSR count). The van der Waals surface area contributed by atoms with E-state index in [9.17, 15) is 27.6 Å². The van der Waals surface area contributed by atoms with Gasteiger partial charge in [0.2, 0.25) is 21.8 Å². The first-order valence-corrected chi connectivity index (χ1v) is 21.1. The van der Waals surface area contributed by atoms with Crippen LogP contribution in [0.4, 0.5) is 4.79 Å². The number of carbonyl (C=O) groups is 4. The molecule has 2 heterocycles. The number of fused-ring (bicyclic) bond motifs is 5. The fraction of sp³-hybridized carbons (Fsp3) is 0.659. The smallest absolute Gasteiger partial charge is 0.407 e. The van der Waals surface area contributed by atoms with Crippen LogP contribution in [-0.2, 0) is 45.9 Å². The predicted molar refractivity (Wildman–Crippen MR) is 208 cm³/mol. The third kappa shape index (κ3) is 8.31. The number of carbonyl (C=O) groups excluding carboxylic acids is 4. The van der Waals surface area contributed by atoms with Gasteiger partial charge in [-0.2, -0.15) is 0 Å². The van der Waals surface area contributed by atoms with Crippen molar-refractivity contribution in [3.8, 4) is 5.75 Å². The number of alkyl carbamates (subject to hydrolysis) is 1. The van der Waals surface area contributed by atoms with Gasteiger partial charge in [-0.05, 0) is 95.4 Å². The highest BCUT2D eigenvalue weighted by Gasteiger charge is 2.63. The summed E-state index contributed by atoms with van der Waals surface area (Å²) in [5.74, 6) is -1.37. The molecular formula is C41H58N4O9S. The summed E-state index contributed by atoms with van der Waals surface area (Å²) in [6, 6.07) is 7.86. The average molecular weight is 783 g/mol. The Labute approximate surface area is 325 Å². The zero-order valence-electron chi connectivity index (χ0n) is 33.5. The van der Waals surface area contributed by atoms with Crippen molar-refractivity contribution in [1.29, 1.82) is 0 Å². The number of nitrogens with zero attached hydrogens (tertiary/aromatic N) is 1. The maximum absolute atomic E-state index is 14.9. The van der Waals surface area contributed by atoms with Crippen LogP contribution in [0.25, 0.3) is 10.8 Å². The lowest BCUT2D eigenvalue weighted by molar-refractivity contribution is -0.143. The van der Waals surface area contributed by atoms with Crippen molar-refractivity contribution in [1.82, 2.24) is 20.3 Å². The van der Waals surface area contributed by atoms with Crippen molar-refractivity contribution in [2.45, 2.75) is 128 Å². The number of hydrogen-bond donors (Lipinski definition) is 3. The first-order valence-electron chi connectivity index (χ1n) is 19.6. The van der Waals surface area contributed by atoms with Gasteiger partial charge in [-0.3, -0.25) is 19.1 Å². The summed E-state index contributed by atoms with van der Waals surface area (Å²) in [6.45, 7) is 11.6. The molecule has 1 saturated heterocycles. The minimum absolute atomic E-state index is 0.0300. The highest BCUT2D eigenvalue weighted by atomic mass is 32.2. The Morgan fingerprint density at radius 1 is 1.04 bits per heavy atom. The van der Waals surface area contributed by atoms with E-state index in [0.29, 0.717) is 19.3 Å². The minimum atomic E-state index is -3.87. The van der Waals surface area contributed by atoms with Crippen molar-refractivity contribution >= 4 is 44.6 Å². The van der Waals surface area contributed by atoms with E-state index in [2.05, 4.69) is 21.4 Å². The number of amides is 4. The first-order chi connectivity index (χ1) is 25.8. The molecule has 4 amide bonds. The van der Waals surface area contributed by atoms with Crippen molar-refractivity contribution in [3.63, 3.8) is 0 Å². The number of rotatable bonds is 8. The summed E-state index contributed by atoms with van der Waals surface area (Å²) in [6.07, 6.45) is 4.47. The lowest BCUT2D eigenvalue weighted by Crippen LogP contribution is -2.60. The SMILES string of the molecule is CC[C@@H]1C[C@]1(NC(=O)[C@@H]1C[C@]2(OC)CN1C(=O)[C@H](C(C)(C)C)NC(=O)OCC(C)(C)CCCCc1cc3cc2ccc3cc1OC)C(=O)NS(=O)(=O)C1CC1. The van der Waals surface area contributed by atoms with Crippen LogP contribution in [0, 0.1) is 16.7 Å². The zero-order chi connectivity index (χ0) is 40.1. The topological polar surface area (TPSA) is 169 Å². The van der Waals surface area contributed by atoms with Gasteiger partial charge in [0.15, 0.2) is 0 Å². The number of ether oxygens (including phenoxy) is 3. The van der Waals surface area contributed by atoms with E-state index in [0.717, 1.165) is 53.3 Å². The van der Waals surface area contributed by atoms with Gasteiger partial charge in [-0.1, -0.05) is 66.5 Å². The minimum Gasteiger partial charge on any atom is -0.496 e. The number of methoxy groups -OCH3 is 2. The summed E-state index contributed by atoms with van der Waals surface area (Å²) >= 11 is 0. The zero-order valence-corrected chi connectivity index (χ0v) is 34.3. The van der Waals surface area contributed by atoms with E-state index in [1.807, 2.05) is 65.8 Å². The lowest BCUT2D eigenvalue weighted by atomic mass is 9.85. The summed E-state index contributed by atoms with van der Waals surface area (Å²) in [7, 11) is -0.662. The molecule has 2 aromatic carbocycles. The predicted octanol–water partition coefficient (Wildman–Crippen LogP) is 5.08. The summed E-state index contributed by atoms with van der Waals surface area (Å²) in [5, 5.41) is 7.05. The second kappa shape index (κ2) is 14.9. The Bertz CT molecular complexity index is 1960. The second-order valence-corrected chi connectivity index (χ2v) is 19.9. The number of nitrogens with one attached hydrogen (secondary N) is 3. The largest absolute Gasteiger partial charge is 0.496 e. The van der Waals surface area contributed by atoms with Crippen molar-refractivity contribution in [2.24, 2.45) is 16.7 Å². The molecule has 55 heavy (non-hydrogen) atoms. The molecule has 2 saturated carbocycles. The monoisotopic (exact) mass is 782 g/mol. The number of cyclic esters (lactones) is 1. The number of benzene rings is 2. The third-order valence-corrected chi connectivity index (χ3v) is 14.0. The maximum Gasteiger partial charge on any atom is 0.407 e. The first kappa shape index (κ1) is 40.7. The molecule has 3 fully saturated rings. The number of sulfonamides is 1. The van der Waals surface area contributed by atoms with Gasteiger partial charge in [0.1, 0.15) is 29.0 Å². The Hall–Kier alpha value is -3.91. The second-order valence-electron chi connectivity index (χ2n) is 17.9. The molecule has 302 valence electrons. The molecule has 2 aliphatic heterocycles. The van der Waals surface area contributed by atoms with E-state index in [4.69, 9.17) is 14.2 Å². The maximum atomic E-state index is 14.9. The molecule has 4 aliphatic rings. The molecule has 0 spiro atoms. The Morgan fingerprint density at radius 3 is 2.38 bits per heavy atom. The Kier molecular flexibility index (Phi) is 11.0. The molecule has 13 nitrogen and oxygen atoms in total. The van der Waals surface area contributed by atoms with Crippen LogP contribution in [0.3, 0.4) is 0 Å². The van der Waals surface area contributed by atoms with Crippen LogP contribution in [0.1, 0.15) is 104 Å². The standard InChI is InChI=1S/C41H58N4O9S/c1-9-28-21-41(28,36(48)44-55(50,51)30-15-16-30)43-34(46)31-22-40(53-8)23-45(31)35(47)33(38(2,3)4)42-37(49)54-24-39(5,6)17-11-10-12-26-18-27-19-29(40)14-13-25(27)20-32(26)52-7/h13-14,18-20,28,30-31,33H,9-12,15-17,21-24H2,1-8H3,(H,42,49)(H,43,46)(H,44,48)/t28-,31+,33-,40+,41-/m1/s1. The van der Waals surface area contributed by atoms with Gasteiger partial charge in [-0.15, -0.1) is 0 Å². The summed E-state index contributed by atoms with van der Waals surface area (Å²) < 4.78 is 45.7. The van der Waals surface area contributed by atoms with E-state index < -0.39 is 67.7 Å². The fourth-order valence-electron chi connectivity index (χ4n) is 8.33. The molecule has 2 aliphatic carbocycles. The van der Waals surface area contributed by atoms with Crippen LogP contribution in [0.5, 0.6) is 5.75 Å². The molecule has 3 N–H and O–H groups in total. The van der Waals surface area contributed by atoms with E-state index in [1.165, 1.54) is 4.90 Å². The molecule has 5 bridgehead atoms. The van der Waals surface area contributed by atoms with Crippen LogP contribution in [-0.4, -0.2) is 87.4 Å². The Balaban J connectivity index is 1.42. The van der Waals surface area contributed by atoms with E-state index in [-0.39, 0.29) is 37.3 Å². The molecule has 2 aromatic rings. The number of aryl methyl sites for hydroxylation is 1. The van der Waals surface area contributed by atoms with Crippen LogP contribution in [0.2, 0.25) is 0 Å². The normalized spacial score (nSPS) is 28.8. The molecular weight excluding hydrogens is 725 g/mol. The average Bonchev–Trinajstić information content (AvgIpc) is 4.06. The fourth-order valence-corrected chi connectivity index (χ4v) is 9.69. The molecule has 0 aromatic heterocycles. The lowest BCUT2D eigenvalue weighted by Gasteiger charge is -2.36. The molecule has 14 heteroatoms. The molecule has 0 unspecified atom stereocenters. The Morgan fingerprint density at radius 2 is 1.76 bits per heavy atom. The third-order valence-electron chi connectivity index (χ3n) is 12.1. The van der Waals surface area contributed by atoms with Crippen molar-refractivity contribution in [2.75, 3.05) is 27.4 Å². The van der Waals surface area contributed by atoms with Crippen LogP contribution >= 0.6 is 0 Å². The van der Waals surface area contributed by atoms with Gasteiger partial charge in [-0.25, -0.2) is 13.2 Å². The van der Waals surface area contributed by atoms with Gasteiger partial charge in [0.25, 0.3) is 5.91 Å². The quantitative estimate of drug-likeness (QED) is 0.331. The van der Waals surface area contributed by atoms with Gasteiger partial charge in [0, 0.05) is 13.5 Å². The van der Waals surface area contributed by atoms with Crippen LogP contribution < -0.4 is 20.1 Å². The van der Waals surface area contributed by atoms with E-state index >= 15 is 0 Å². The highest BCUT2D eigenvalue weighted by molar-refractivity contribution is 7.91. The van der Waals surface area contributed by atoms with Crippen molar-refractivity contribution in [3.05, 3.63) is 41.5 Å². The van der Waals surface area contributed by atoms with Gasteiger partial charge >= 0.3 is 6.09 Å². The highest BCUT2D eigenvalue weighted by Crippen LogP contribution is 2.48. The number of hydrogen-bond acceptors (Lipinski definition) is 9. The van der Waals surface area contributed by atoms with E-state index in [1.54, 1.807) is 14.2 Å². The van der Waals surface area contributed by atoms with Crippen molar-refractivity contribution < 1.29 is 41.8 Å².